The lowest BCUT2D eigenvalue weighted by Gasteiger charge is -2.34. The Hall–Kier alpha value is -4.48. The van der Waals surface area contributed by atoms with E-state index in [1.54, 1.807) is 19.2 Å². The first-order valence-electron chi connectivity index (χ1n) is 13.7. The van der Waals surface area contributed by atoms with E-state index in [0.717, 1.165) is 4.90 Å². The Kier molecular flexibility index (Phi) is 12.2. The number of benzene rings is 3. The van der Waals surface area contributed by atoms with E-state index in [2.05, 4.69) is 9.47 Å². The van der Waals surface area contributed by atoms with Crippen molar-refractivity contribution >= 4 is 41.4 Å². The van der Waals surface area contributed by atoms with Gasteiger partial charge in [0.05, 0.1) is 42.0 Å². The van der Waals surface area contributed by atoms with E-state index >= 15 is 0 Å². The molecule has 0 amide bonds. The average Bonchev–Trinajstić information content (AvgIpc) is 3.05. The zero-order valence-corrected chi connectivity index (χ0v) is 26.1. The summed E-state index contributed by atoms with van der Waals surface area (Å²) in [5.41, 5.74) is 0.988. The molecule has 0 bridgehead atoms. The minimum atomic E-state index is -0.869. The largest absolute Gasteiger partial charge is 0.465 e. The molecular formula is C33H35NO9S. The summed E-state index contributed by atoms with van der Waals surface area (Å²) in [6, 6.07) is 19.2. The molecule has 0 atom stereocenters. The van der Waals surface area contributed by atoms with Crippen LogP contribution in [0.5, 0.6) is 0 Å². The number of nitrogens with zero attached hydrogens (tertiary/aromatic N) is 1. The molecule has 11 heteroatoms. The molecule has 3 aromatic carbocycles. The summed E-state index contributed by atoms with van der Waals surface area (Å²) in [6.45, 7) is 4.20. The maximum atomic E-state index is 13.3. The van der Waals surface area contributed by atoms with Gasteiger partial charge in [-0.3, -0.25) is 9.69 Å². The van der Waals surface area contributed by atoms with Crippen LogP contribution in [0.3, 0.4) is 0 Å². The lowest BCUT2D eigenvalue weighted by Crippen LogP contribution is -2.49. The highest BCUT2D eigenvalue weighted by Crippen LogP contribution is 2.23. The molecule has 0 saturated carbocycles. The molecule has 3 rings (SSSR count). The molecule has 0 spiro atoms. The van der Waals surface area contributed by atoms with Gasteiger partial charge in [0.25, 0.3) is 0 Å². The van der Waals surface area contributed by atoms with Gasteiger partial charge in [-0.25, -0.2) is 19.2 Å². The first-order valence-corrected chi connectivity index (χ1v) is 14.7. The third-order valence-electron chi connectivity index (χ3n) is 6.95. The first kappa shape index (κ1) is 34.0. The number of ketones is 1. The number of esters is 4. The molecule has 0 N–H and O–H groups in total. The van der Waals surface area contributed by atoms with Crippen molar-refractivity contribution in [3.63, 3.8) is 0 Å². The van der Waals surface area contributed by atoms with Crippen LogP contribution in [0, 0.1) is 0 Å². The highest BCUT2D eigenvalue weighted by molar-refractivity contribution is 7.99. The molecule has 0 aromatic heterocycles. The minimum absolute atomic E-state index is 0.0732. The van der Waals surface area contributed by atoms with Crippen molar-refractivity contribution in [2.24, 2.45) is 0 Å². The van der Waals surface area contributed by atoms with Crippen LogP contribution in [0.1, 0.15) is 65.6 Å². The highest BCUT2D eigenvalue weighted by atomic mass is 32.2. The smallest absolute Gasteiger partial charge is 0.338 e. The Balaban J connectivity index is 1.43. The number of carbonyl (C=O) groups is 5. The fourth-order valence-corrected chi connectivity index (χ4v) is 4.70. The van der Waals surface area contributed by atoms with Gasteiger partial charge in [0.2, 0.25) is 0 Å². The number of hydrogen-bond donors (Lipinski definition) is 0. The van der Waals surface area contributed by atoms with Crippen molar-refractivity contribution in [3.05, 3.63) is 101 Å². The van der Waals surface area contributed by atoms with Crippen LogP contribution in [0.2, 0.25) is 0 Å². The van der Waals surface area contributed by atoms with E-state index in [1.165, 1.54) is 74.5 Å². The summed E-state index contributed by atoms with van der Waals surface area (Å²) in [4.78, 5) is 63.8. The second kappa shape index (κ2) is 15.8. The molecule has 232 valence electrons. The summed E-state index contributed by atoms with van der Waals surface area (Å²) >= 11 is 1.48. The minimum Gasteiger partial charge on any atom is -0.465 e. The topological polar surface area (TPSA) is 126 Å². The van der Waals surface area contributed by atoms with Crippen LogP contribution in [0.15, 0.2) is 77.7 Å². The Morgan fingerprint density at radius 3 is 1.43 bits per heavy atom. The number of Topliss-reactive ketones (excluding diaryl/α,β-unsaturated/α-hetero) is 1. The Morgan fingerprint density at radius 2 is 1.00 bits per heavy atom. The average molecular weight is 622 g/mol. The fourth-order valence-electron chi connectivity index (χ4n) is 3.96. The van der Waals surface area contributed by atoms with Crippen molar-refractivity contribution in [1.82, 2.24) is 4.90 Å². The maximum Gasteiger partial charge on any atom is 0.338 e. The van der Waals surface area contributed by atoms with Gasteiger partial charge in [0.1, 0.15) is 13.2 Å². The van der Waals surface area contributed by atoms with Crippen LogP contribution in [0.25, 0.3) is 0 Å². The Bertz CT molecular complexity index is 1470. The van der Waals surface area contributed by atoms with Crippen LogP contribution < -0.4 is 0 Å². The zero-order chi connectivity index (χ0) is 32.3. The van der Waals surface area contributed by atoms with E-state index < -0.39 is 29.4 Å². The number of rotatable bonds is 14. The molecular weight excluding hydrogens is 586 g/mol. The molecule has 0 unspecified atom stereocenters. The predicted octanol–water partition coefficient (Wildman–Crippen LogP) is 4.96. The number of thioether (sulfide) groups is 1. The van der Waals surface area contributed by atoms with Crippen molar-refractivity contribution in [2.75, 3.05) is 46.8 Å². The summed E-state index contributed by atoms with van der Waals surface area (Å²) in [5.74, 6) is -1.57. The second-order valence-electron chi connectivity index (χ2n) is 10.1. The second-order valence-corrected chi connectivity index (χ2v) is 11.3. The van der Waals surface area contributed by atoms with Gasteiger partial charge < -0.3 is 18.9 Å². The van der Waals surface area contributed by atoms with E-state index in [0.29, 0.717) is 40.1 Å². The molecule has 0 aliphatic carbocycles. The number of carbonyl (C=O) groups excluding carboxylic acids is 5. The molecule has 0 saturated heterocycles. The molecule has 0 aliphatic heterocycles. The summed E-state index contributed by atoms with van der Waals surface area (Å²) in [6.07, 6.45) is 0. The zero-order valence-electron chi connectivity index (χ0n) is 25.3. The van der Waals surface area contributed by atoms with Gasteiger partial charge in [0.15, 0.2) is 5.78 Å². The highest BCUT2D eigenvalue weighted by Gasteiger charge is 2.33. The molecule has 44 heavy (non-hydrogen) atoms. The van der Waals surface area contributed by atoms with E-state index in [9.17, 15) is 24.0 Å². The van der Waals surface area contributed by atoms with Crippen LogP contribution in [0.4, 0.5) is 0 Å². The number of ether oxygens (including phenoxy) is 4. The van der Waals surface area contributed by atoms with Gasteiger partial charge in [-0.1, -0.05) is 12.1 Å². The van der Waals surface area contributed by atoms with Gasteiger partial charge in [-0.15, -0.1) is 11.8 Å². The summed E-state index contributed by atoms with van der Waals surface area (Å²) in [7, 11) is 4.36. The van der Waals surface area contributed by atoms with Crippen molar-refractivity contribution in [3.8, 4) is 0 Å². The SMILES string of the molecule is COC(=O)c1ccc(C(=O)OCCSc2ccc(C(=O)C(C)(C)N(C)CCOC(=O)c3ccc(C(=O)OC)cc3)cc2)cc1. The molecule has 10 nitrogen and oxygen atoms in total. The van der Waals surface area contributed by atoms with Crippen molar-refractivity contribution in [2.45, 2.75) is 24.3 Å². The van der Waals surface area contributed by atoms with Gasteiger partial charge in [0, 0.05) is 22.8 Å². The van der Waals surface area contributed by atoms with Crippen LogP contribution in [-0.4, -0.2) is 86.9 Å². The van der Waals surface area contributed by atoms with Crippen molar-refractivity contribution < 1.29 is 42.9 Å². The van der Waals surface area contributed by atoms with E-state index in [4.69, 9.17) is 9.47 Å². The molecule has 0 fully saturated rings. The standard InChI is InChI=1S/C33H35NO9S/c1-33(2,34(3)18-19-42-31(38)25-10-6-23(7-11-25)29(36)40-4)28(35)22-14-16-27(17-15-22)44-21-20-43-32(39)26-12-8-24(9-13-26)30(37)41-5/h6-17H,18-21H2,1-5H3. The monoisotopic (exact) mass is 621 g/mol. The third kappa shape index (κ3) is 9.01. The van der Waals surface area contributed by atoms with Crippen molar-refractivity contribution in [1.29, 1.82) is 0 Å². The molecule has 0 radical (unpaired) electrons. The van der Waals surface area contributed by atoms with Crippen LogP contribution in [-0.2, 0) is 18.9 Å². The lowest BCUT2D eigenvalue weighted by molar-refractivity contribution is 0.0399. The molecule has 0 aliphatic rings. The van der Waals surface area contributed by atoms with Crippen LogP contribution >= 0.6 is 11.8 Å². The lowest BCUT2D eigenvalue weighted by atomic mass is 9.91. The number of hydrogen-bond acceptors (Lipinski definition) is 11. The van der Waals surface area contributed by atoms with Gasteiger partial charge in [-0.05, 0) is 81.6 Å². The maximum absolute atomic E-state index is 13.3. The number of likely N-dealkylation sites (N-methyl/N-ethyl adjacent to an activating group) is 1. The summed E-state index contributed by atoms with van der Waals surface area (Å²) < 4.78 is 20.0. The molecule has 0 heterocycles. The Morgan fingerprint density at radius 1 is 0.614 bits per heavy atom. The summed E-state index contributed by atoms with van der Waals surface area (Å²) in [5, 5.41) is 0. The van der Waals surface area contributed by atoms with E-state index in [-0.39, 0.29) is 19.0 Å². The predicted molar refractivity (Wildman–Crippen MR) is 164 cm³/mol. The fraction of sp³-hybridized carbons (Fsp3) is 0.303. The number of methoxy groups -OCH3 is 2. The quantitative estimate of drug-likeness (QED) is 0.0797. The van der Waals surface area contributed by atoms with Gasteiger partial charge in [-0.2, -0.15) is 0 Å². The first-order chi connectivity index (χ1) is 21.0. The molecule has 3 aromatic rings. The third-order valence-corrected chi connectivity index (χ3v) is 7.93. The van der Waals surface area contributed by atoms with Gasteiger partial charge >= 0.3 is 23.9 Å². The Labute approximate surface area is 260 Å². The van der Waals surface area contributed by atoms with E-state index in [1.807, 2.05) is 30.9 Å². The normalized spacial score (nSPS) is 11.0.